The standard InChI is InChI=1S/C20H22BrNO6S/c1-26-17(9-10-27-18(24)12-29)19(15-11-13(21)7-8-16(15)23)28-20(25)22-14-5-3-2-4-6-14/h2-8,11,17,19,23,29H,9-10,12H2,1H3,(H,22,25)/t17-,19-/m0/s1. The molecule has 0 aliphatic carbocycles. The number of aromatic hydroxyl groups is 1. The lowest BCUT2D eigenvalue weighted by atomic mass is 10.0. The van der Waals surface area contributed by atoms with Crippen LogP contribution in [0, 0.1) is 0 Å². The van der Waals surface area contributed by atoms with Gasteiger partial charge in [0.25, 0.3) is 0 Å². The van der Waals surface area contributed by atoms with Gasteiger partial charge in [-0.3, -0.25) is 10.1 Å². The Hall–Kier alpha value is -2.23. The number of phenolic OH excluding ortho intramolecular Hbond substituents is 1. The minimum atomic E-state index is -0.948. The molecule has 156 valence electrons. The molecule has 0 unspecified atom stereocenters. The van der Waals surface area contributed by atoms with Crippen LogP contribution < -0.4 is 5.32 Å². The van der Waals surface area contributed by atoms with Crippen LogP contribution in [-0.2, 0) is 19.0 Å². The Bertz CT molecular complexity index is 820. The van der Waals surface area contributed by atoms with E-state index in [1.807, 2.05) is 6.07 Å². The minimum Gasteiger partial charge on any atom is -0.508 e. The molecule has 0 aliphatic heterocycles. The lowest BCUT2D eigenvalue weighted by molar-refractivity contribution is -0.141. The van der Waals surface area contributed by atoms with Crippen LogP contribution in [0.15, 0.2) is 53.0 Å². The van der Waals surface area contributed by atoms with E-state index >= 15 is 0 Å². The molecule has 0 spiro atoms. The number of amides is 1. The highest BCUT2D eigenvalue weighted by Crippen LogP contribution is 2.34. The van der Waals surface area contributed by atoms with Gasteiger partial charge in [-0.05, 0) is 30.3 Å². The predicted molar refractivity (Wildman–Crippen MR) is 115 cm³/mol. The lowest BCUT2D eigenvalue weighted by Gasteiger charge is -2.27. The van der Waals surface area contributed by atoms with Crippen molar-refractivity contribution in [3.8, 4) is 5.75 Å². The van der Waals surface area contributed by atoms with Crippen LogP contribution in [0.4, 0.5) is 10.5 Å². The van der Waals surface area contributed by atoms with Gasteiger partial charge in [-0.2, -0.15) is 12.6 Å². The topological polar surface area (TPSA) is 94.1 Å². The maximum atomic E-state index is 12.5. The fourth-order valence-electron chi connectivity index (χ4n) is 2.60. The van der Waals surface area contributed by atoms with Gasteiger partial charge in [-0.25, -0.2) is 4.79 Å². The van der Waals surface area contributed by atoms with Gasteiger partial charge in [0.15, 0.2) is 6.10 Å². The van der Waals surface area contributed by atoms with E-state index < -0.39 is 24.3 Å². The van der Waals surface area contributed by atoms with E-state index in [0.29, 0.717) is 15.7 Å². The first-order valence-corrected chi connectivity index (χ1v) is 10.2. The molecule has 7 nitrogen and oxygen atoms in total. The van der Waals surface area contributed by atoms with E-state index in [1.54, 1.807) is 36.4 Å². The van der Waals surface area contributed by atoms with Crippen LogP contribution in [0.3, 0.4) is 0 Å². The molecule has 2 N–H and O–H groups in total. The van der Waals surface area contributed by atoms with E-state index in [1.165, 1.54) is 13.2 Å². The summed E-state index contributed by atoms with van der Waals surface area (Å²) >= 11 is 7.21. The van der Waals surface area contributed by atoms with Crippen molar-refractivity contribution in [2.45, 2.75) is 18.6 Å². The highest BCUT2D eigenvalue weighted by Gasteiger charge is 2.30. The van der Waals surface area contributed by atoms with Gasteiger partial charge in [0.1, 0.15) is 11.9 Å². The number of benzene rings is 2. The Morgan fingerprint density at radius 1 is 1.21 bits per heavy atom. The van der Waals surface area contributed by atoms with Gasteiger partial charge in [-0.1, -0.05) is 34.1 Å². The SMILES string of the molecule is CO[C@@H](CCOC(=O)CS)[C@@H](OC(=O)Nc1ccccc1)c1cc(Br)ccc1O. The number of carbonyl (C=O) groups excluding carboxylic acids is 2. The van der Waals surface area contributed by atoms with Crippen LogP contribution in [0.1, 0.15) is 18.1 Å². The molecule has 9 heteroatoms. The molecule has 0 saturated carbocycles. The predicted octanol–water partition coefficient (Wildman–Crippen LogP) is 4.32. The molecule has 0 fully saturated rings. The number of para-hydroxylation sites is 1. The highest BCUT2D eigenvalue weighted by atomic mass is 79.9. The number of hydrogen-bond donors (Lipinski definition) is 3. The van der Waals surface area contributed by atoms with Crippen molar-refractivity contribution < 1.29 is 28.9 Å². The normalized spacial score (nSPS) is 12.7. The van der Waals surface area contributed by atoms with Crippen molar-refractivity contribution in [2.75, 3.05) is 24.8 Å². The summed E-state index contributed by atoms with van der Waals surface area (Å²) in [6, 6.07) is 13.6. The van der Waals surface area contributed by atoms with Crippen molar-refractivity contribution >= 4 is 46.3 Å². The molecule has 0 saturated heterocycles. The van der Waals surface area contributed by atoms with Crippen molar-refractivity contribution in [1.82, 2.24) is 0 Å². The van der Waals surface area contributed by atoms with E-state index in [2.05, 4.69) is 33.9 Å². The quantitative estimate of drug-likeness (QED) is 0.363. The summed E-state index contributed by atoms with van der Waals surface area (Å²) < 4.78 is 16.8. The summed E-state index contributed by atoms with van der Waals surface area (Å²) in [6.07, 6.45) is -2.10. The molecular weight excluding hydrogens is 462 g/mol. The average molecular weight is 484 g/mol. The summed E-state index contributed by atoms with van der Waals surface area (Å²) in [5, 5.41) is 13.0. The third-order valence-electron chi connectivity index (χ3n) is 3.99. The number of ether oxygens (including phenoxy) is 3. The van der Waals surface area contributed by atoms with Gasteiger partial charge in [0, 0.05) is 29.3 Å². The molecule has 2 aromatic rings. The minimum absolute atomic E-state index is 0.0382. The number of phenols is 1. The molecule has 2 atom stereocenters. The number of hydrogen-bond acceptors (Lipinski definition) is 7. The van der Waals surface area contributed by atoms with Crippen molar-refractivity contribution in [2.24, 2.45) is 0 Å². The first-order valence-electron chi connectivity index (χ1n) is 8.75. The van der Waals surface area contributed by atoms with Crippen LogP contribution in [-0.4, -0.2) is 42.7 Å². The average Bonchev–Trinajstić information content (AvgIpc) is 2.72. The second-order valence-electron chi connectivity index (χ2n) is 5.96. The Kier molecular flexibility index (Phi) is 9.30. The van der Waals surface area contributed by atoms with Gasteiger partial charge in [0.2, 0.25) is 0 Å². The number of rotatable bonds is 9. The lowest BCUT2D eigenvalue weighted by Crippen LogP contribution is -2.29. The molecular formula is C20H22BrNO6S. The van der Waals surface area contributed by atoms with Crippen molar-refractivity contribution in [3.05, 3.63) is 58.6 Å². The summed E-state index contributed by atoms with van der Waals surface area (Å²) in [4.78, 5) is 23.8. The number of methoxy groups -OCH3 is 1. The third kappa shape index (κ3) is 7.26. The second kappa shape index (κ2) is 11.7. The number of thiol groups is 1. The first-order chi connectivity index (χ1) is 13.9. The summed E-state index contributed by atoms with van der Waals surface area (Å²) in [7, 11) is 1.45. The van der Waals surface area contributed by atoms with Crippen LogP contribution in [0.5, 0.6) is 5.75 Å². The largest absolute Gasteiger partial charge is 0.508 e. The van der Waals surface area contributed by atoms with Crippen LogP contribution in [0.25, 0.3) is 0 Å². The van der Waals surface area contributed by atoms with Crippen LogP contribution >= 0.6 is 28.6 Å². The van der Waals surface area contributed by atoms with Gasteiger partial charge in [-0.15, -0.1) is 0 Å². The molecule has 0 aromatic heterocycles. The summed E-state index contributed by atoms with van der Waals surface area (Å²) in [5.41, 5.74) is 0.918. The fraction of sp³-hybridized carbons (Fsp3) is 0.300. The molecule has 0 aliphatic rings. The van der Waals surface area contributed by atoms with Crippen LogP contribution in [0.2, 0.25) is 0 Å². The molecule has 1 amide bonds. The number of esters is 1. The zero-order valence-corrected chi connectivity index (χ0v) is 18.2. The zero-order valence-electron chi connectivity index (χ0n) is 15.7. The van der Waals surface area contributed by atoms with E-state index in [0.717, 1.165) is 0 Å². The zero-order chi connectivity index (χ0) is 21.2. The maximum absolute atomic E-state index is 12.5. The number of carbonyl (C=O) groups is 2. The number of nitrogens with one attached hydrogen (secondary N) is 1. The van der Waals surface area contributed by atoms with Crippen molar-refractivity contribution in [3.63, 3.8) is 0 Å². The molecule has 0 bridgehead atoms. The van der Waals surface area contributed by atoms with Gasteiger partial charge >= 0.3 is 12.1 Å². The van der Waals surface area contributed by atoms with E-state index in [4.69, 9.17) is 14.2 Å². The van der Waals surface area contributed by atoms with Gasteiger partial charge in [0.05, 0.1) is 12.4 Å². The Labute approximate surface area is 182 Å². The summed E-state index contributed by atoms with van der Waals surface area (Å²) in [5.74, 6) is -0.559. The second-order valence-corrected chi connectivity index (χ2v) is 7.19. The Balaban J connectivity index is 2.20. The Morgan fingerprint density at radius 3 is 2.59 bits per heavy atom. The fourth-order valence-corrected chi connectivity index (χ4v) is 3.07. The van der Waals surface area contributed by atoms with Gasteiger partial charge < -0.3 is 19.3 Å². The number of anilines is 1. The number of halogens is 1. The molecule has 2 aromatic carbocycles. The smallest absolute Gasteiger partial charge is 0.412 e. The maximum Gasteiger partial charge on any atom is 0.412 e. The molecule has 0 heterocycles. The first kappa shape index (κ1) is 23.1. The van der Waals surface area contributed by atoms with E-state index in [-0.39, 0.29) is 24.5 Å². The molecule has 2 rings (SSSR count). The monoisotopic (exact) mass is 483 g/mol. The Morgan fingerprint density at radius 2 is 1.93 bits per heavy atom. The molecule has 0 radical (unpaired) electrons. The molecule has 29 heavy (non-hydrogen) atoms. The van der Waals surface area contributed by atoms with E-state index in [9.17, 15) is 14.7 Å². The third-order valence-corrected chi connectivity index (χ3v) is 4.74. The highest BCUT2D eigenvalue weighted by molar-refractivity contribution is 9.10. The van der Waals surface area contributed by atoms with Crippen molar-refractivity contribution in [1.29, 1.82) is 0 Å². The summed E-state index contributed by atoms with van der Waals surface area (Å²) in [6.45, 7) is 0.0484.